The van der Waals surface area contributed by atoms with Crippen LogP contribution in [0.2, 0.25) is 0 Å². The van der Waals surface area contributed by atoms with Gasteiger partial charge in [-0.1, -0.05) is 66.7 Å². The number of phenols is 1. The monoisotopic (exact) mass is 1130 g/mol. The van der Waals surface area contributed by atoms with Gasteiger partial charge >= 0.3 is 29.9 Å². The number of rotatable bonds is 27. The van der Waals surface area contributed by atoms with E-state index in [1.165, 1.54) is 30.3 Å². The number of urea groups is 1. The van der Waals surface area contributed by atoms with Crippen molar-refractivity contribution in [2.24, 2.45) is 0 Å². The van der Waals surface area contributed by atoms with Gasteiger partial charge in [0.2, 0.25) is 23.8 Å². The molecule has 2 aliphatic rings. The minimum atomic E-state index is -2.21. The van der Waals surface area contributed by atoms with Crippen molar-refractivity contribution in [1.82, 2.24) is 37.2 Å². The van der Waals surface area contributed by atoms with E-state index >= 15 is 0 Å². The largest absolute Gasteiger partial charge is 0.508 e. The number of phenolic OH excluding ortho intramolecular Hbond substituents is 1. The van der Waals surface area contributed by atoms with Crippen LogP contribution in [0.5, 0.6) is 5.75 Å². The fraction of sp³-hybridized carbons (Fsp3) is 0.236. The number of amides is 6. The lowest BCUT2D eigenvalue weighted by Gasteiger charge is -2.25. The molecule has 0 saturated heterocycles. The summed E-state index contributed by atoms with van der Waals surface area (Å²) in [6.45, 7) is -0.708. The maximum Gasteiger partial charge on any atom is 0.336 e. The summed E-state index contributed by atoms with van der Waals surface area (Å²) in [6.07, 6.45) is -1.64. The van der Waals surface area contributed by atoms with E-state index in [2.05, 4.69) is 31.9 Å². The molecule has 2 unspecified atom stereocenters. The Morgan fingerprint density at radius 3 is 1.75 bits per heavy atom. The molecule has 26 heteroatoms. The molecular weight excluding hydrogens is 1080 g/mol. The molecule has 0 spiro atoms. The van der Waals surface area contributed by atoms with Crippen LogP contribution >= 0.6 is 12.2 Å². The lowest BCUT2D eigenvalue weighted by Crippen LogP contribution is -2.59. The van der Waals surface area contributed by atoms with E-state index in [9.17, 15) is 73.2 Å². The number of carboxylic acid groups (broad SMARTS) is 4. The molecule has 4 aromatic rings. The molecule has 1 aliphatic heterocycles. The molecule has 4 aromatic carbocycles. The highest BCUT2D eigenvalue weighted by Gasteiger charge is 2.34. The summed E-state index contributed by atoms with van der Waals surface area (Å²) in [5.41, 5.74) is 3.18. The van der Waals surface area contributed by atoms with Gasteiger partial charge in [-0.2, -0.15) is 0 Å². The first-order valence-electron chi connectivity index (χ1n) is 24.8. The van der Waals surface area contributed by atoms with Crippen molar-refractivity contribution in [3.8, 4) is 28.2 Å². The normalized spacial score (nSPS) is 12.7. The van der Waals surface area contributed by atoms with Gasteiger partial charge in [0.05, 0.1) is 0 Å². The number of carbonyl (C=O) groups is 10. The first-order chi connectivity index (χ1) is 38.7. The highest BCUT2D eigenvalue weighted by atomic mass is 32.1. The zero-order valence-corrected chi connectivity index (χ0v) is 43.5. The van der Waals surface area contributed by atoms with Gasteiger partial charge in [0, 0.05) is 78.7 Å². The molecule has 5 atom stereocenters. The van der Waals surface area contributed by atoms with Crippen molar-refractivity contribution in [1.29, 1.82) is 0 Å². The maximum atomic E-state index is 14.4. The van der Waals surface area contributed by atoms with Crippen molar-refractivity contribution in [2.75, 3.05) is 18.4 Å². The summed E-state index contributed by atoms with van der Waals surface area (Å²) in [6, 6.07) is 21.1. The molecule has 6 amide bonds. The summed E-state index contributed by atoms with van der Waals surface area (Å²) in [7, 11) is 0. The minimum Gasteiger partial charge on any atom is -0.508 e. The Labute approximate surface area is 464 Å². The third-order valence-corrected chi connectivity index (χ3v) is 12.5. The highest BCUT2D eigenvalue weighted by molar-refractivity contribution is 7.80. The molecule has 422 valence electrons. The lowest BCUT2D eigenvalue weighted by molar-refractivity contribution is -0.147. The maximum absolute atomic E-state index is 14.4. The minimum absolute atomic E-state index is 0.00394. The number of benzene rings is 5. The molecule has 0 saturated carbocycles. The summed E-state index contributed by atoms with van der Waals surface area (Å²) in [4.78, 5) is 138. The van der Waals surface area contributed by atoms with E-state index in [0.29, 0.717) is 45.2 Å². The Kier molecular flexibility index (Phi) is 21.0. The van der Waals surface area contributed by atoms with Crippen LogP contribution in [0.4, 0.5) is 10.5 Å². The molecule has 0 radical (unpaired) electrons. The van der Waals surface area contributed by atoms with Gasteiger partial charge < -0.3 is 72.5 Å². The molecule has 0 bridgehead atoms. The average Bonchev–Trinajstić information content (AvgIpc) is 3.62. The Morgan fingerprint density at radius 2 is 1.16 bits per heavy atom. The van der Waals surface area contributed by atoms with Crippen LogP contribution in [0, 0.1) is 0 Å². The van der Waals surface area contributed by atoms with Crippen LogP contribution < -0.4 is 48.0 Å². The Balaban J connectivity index is 1.10. The predicted octanol–water partition coefficient (Wildman–Crippen LogP) is 2.36. The second-order valence-corrected chi connectivity index (χ2v) is 18.5. The molecule has 25 nitrogen and oxygen atoms in total. The highest BCUT2D eigenvalue weighted by Crippen LogP contribution is 2.42. The quantitative estimate of drug-likeness (QED) is 0.0116. The van der Waals surface area contributed by atoms with Gasteiger partial charge in [-0.05, 0) is 78.1 Å². The fourth-order valence-corrected chi connectivity index (χ4v) is 8.57. The molecule has 13 N–H and O–H groups in total. The number of nitrogens with one attached hydrogen (secondary N) is 8. The Morgan fingerprint density at radius 1 is 0.580 bits per heavy atom. The number of aldehydes is 1. The van der Waals surface area contributed by atoms with E-state index in [1.54, 1.807) is 84.9 Å². The first-order valence-corrected chi connectivity index (χ1v) is 25.2. The SMILES string of the molecule is O=Cc1cc(NC(=S)NC(Cc2ccccc2)C(=O)NC(Cc2ccccc2)C(=O)N[C@@H](C(=O)O)C(=O)NCCNC(=O)CC[C@H](NC(=O)N[C@@H](CCC(=O)O)C(=O)O)C(=O)O)ccc1-c1c2ccc(=O)cc-2oc2cc(O)ccc12. The summed E-state index contributed by atoms with van der Waals surface area (Å²) in [5.74, 6) is -9.95. The first kappa shape index (κ1) is 60.0. The Hall–Kier alpha value is -10.2. The van der Waals surface area contributed by atoms with Crippen molar-refractivity contribution < 1.29 is 77.9 Å². The van der Waals surface area contributed by atoms with Gasteiger partial charge in [-0.25, -0.2) is 19.2 Å². The smallest absolute Gasteiger partial charge is 0.336 e. The van der Waals surface area contributed by atoms with Crippen molar-refractivity contribution >= 4 is 93.8 Å². The second kappa shape index (κ2) is 28.4. The number of anilines is 1. The van der Waals surface area contributed by atoms with Crippen LogP contribution in [0.3, 0.4) is 0 Å². The number of carboxylic acids is 4. The van der Waals surface area contributed by atoms with E-state index in [1.807, 2.05) is 10.6 Å². The molecule has 1 aliphatic carbocycles. The number of hydrogen-bond acceptors (Lipinski definition) is 14. The molecule has 0 aromatic heterocycles. The number of fused-ring (bicyclic) bond motifs is 2. The van der Waals surface area contributed by atoms with Crippen molar-refractivity contribution in [3.63, 3.8) is 0 Å². The molecule has 81 heavy (non-hydrogen) atoms. The fourth-order valence-electron chi connectivity index (χ4n) is 8.31. The number of hydrogen-bond donors (Lipinski definition) is 13. The van der Waals surface area contributed by atoms with Gasteiger partial charge in [0.1, 0.15) is 41.3 Å². The van der Waals surface area contributed by atoms with Crippen LogP contribution in [0.15, 0.2) is 124 Å². The zero-order chi connectivity index (χ0) is 58.8. The Bertz CT molecular complexity index is 3380. The van der Waals surface area contributed by atoms with Gasteiger partial charge in [0.25, 0.3) is 5.91 Å². The number of thiocarbonyl (C=S) groups is 1. The average molecular weight is 1130 g/mol. The van der Waals surface area contributed by atoms with Crippen molar-refractivity contribution in [3.05, 3.63) is 142 Å². The summed E-state index contributed by atoms with van der Waals surface area (Å²) < 4.78 is 5.95. The van der Waals surface area contributed by atoms with Gasteiger partial charge in [-0.3, -0.25) is 33.6 Å². The number of aliphatic carboxylic acids is 4. The molecule has 6 rings (SSSR count). The zero-order valence-electron chi connectivity index (χ0n) is 42.6. The predicted molar refractivity (Wildman–Crippen MR) is 293 cm³/mol. The van der Waals surface area contributed by atoms with Crippen molar-refractivity contribution in [2.45, 2.75) is 68.7 Å². The van der Waals surface area contributed by atoms with E-state index < -0.39 is 109 Å². The standard InChI is InChI=1S/C55H54N8O17S/c64-28-31-25-32(11-14-35(31)46-36-15-12-33(65)26-42(36)80-43-27-34(66)13-16-37(43)46)58-55(81)62-41(24-30-9-5-2-6-10-30)48(70)59-40(23-29-7-3-1-4-8-29)49(71)63-47(53(77)78)50(72)57-22-21-56-44(67)19-17-38(51(73)74)60-54(79)61-39(52(75)76)18-20-45(68)69/h1-16,25-28,38-41,47,65H,17-24H2,(H,56,67)(H,57,72)(H,59,70)(H,63,71)(H,68,69)(H,73,74)(H,75,76)(H,77,78)(H2,58,62,81)(H2,60,61,79)/t38-,39-,40?,41?,47+/m0/s1. The molecular formula is C55H54N8O17S. The van der Waals surface area contributed by atoms with Gasteiger partial charge in [-0.15, -0.1) is 0 Å². The molecule has 0 fully saturated rings. The third kappa shape index (κ3) is 17.4. The number of aromatic hydroxyl groups is 1. The van der Waals surface area contributed by atoms with Crippen LogP contribution in [-0.2, 0) is 51.2 Å². The molecule has 1 heterocycles. The number of carbonyl (C=O) groups excluding carboxylic acids is 6. The van der Waals surface area contributed by atoms with Crippen LogP contribution in [0.1, 0.15) is 47.2 Å². The topological polar surface area (TPSA) is 398 Å². The van der Waals surface area contributed by atoms with Gasteiger partial charge in [0.15, 0.2) is 16.8 Å². The summed E-state index contributed by atoms with van der Waals surface area (Å²) in [5, 5.41) is 67.8. The van der Waals surface area contributed by atoms with E-state index in [-0.39, 0.29) is 59.1 Å². The second-order valence-electron chi connectivity index (χ2n) is 18.1. The van der Waals surface area contributed by atoms with E-state index in [0.717, 1.165) is 0 Å². The third-order valence-electron chi connectivity index (χ3n) is 12.3. The summed E-state index contributed by atoms with van der Waals surface area (Å²) >= 11 is 5.69. The van der Waals surface area contributed by atoms with Crippen LogP contribution in [0.25, 0.3) is 33.4 Å². The van der Waals surface area contributed by atoms with E-state index in [4.69, 9.17) is 21.7 Å². The van der Waals surface area contributed by atoms with Crippen LogP contribution in [-0.4, -0.2) is 134 Å². The lowest BCUT2D eigenvalue weighted by atomic mass is 9.91.